The maximum Gasteiger partial charge on any atom is 0.276 e. The summed E-state index contributed by atoms with van der Waals surface area (Å²) in [6.45, 7) is 9.04. The van der Waals surface area contributed by atoms with E-state index in [1.807, 2.05) is 18.4 Å². The Morgan fingerprint density at radius 1 is 1.22 bits per heavy atom. The zero-order valence-corrected chi connectivity index (χ0v) is 18.9. The number of likely N-dealkylation sites (tertiary alicyclic amines) is 1. The number of halogens is 1. The molecule has 1 aromatic carbocycles. The molecule has 32 heavy (non-hydrogen) atoms. The number of likely N-dealkylation sites (N-methyl/N-ethyl adjacent to an activating group) is 1. The number of aromatic nitrogens is 3. The van der Waals surface area contributed by atoms with Crippen molar-refractivity contribution in [3.8, 4) is 0 Å². The number of nitrogens with zero attached hydrogens (tertiary/aromatic N) is 4. The van der Waals surface area contributed by atoms with Crippen molar-refractivity contribution in [3.63, 3.8) is 0 Å². The summed E-state index contributed by atoms with van der Waals surface area (Å²) in [6, 6.07) is 6.71. The zero-order chi connectivity index (χ0) is 22.8. The first-order valence-electron chi connectivity index (χ1n) is 11.2. The quantitative estimate of drug-likeness (QED) is 0.614. The van der Waals surface area contributed by atoms with E-state index in [2.05, 4.69) is 22.2 Å². The van der Waals surface area contributed by atoms with Crippen molar-refractivity contribution in [1.29, 1.82) is 0 Å². The van der Waals surface area contributed by atoms with Crippen molar-refractivity contribution in [2.45, 2.75) is 52.7 Å². The molecule has 2 aromatic heterocycles. The summed E-state index contributed by atoms with van der Waals surface area (Å²) in [6.07, 6.45) is 3.89. The molecule has 8 heteroatoms. The summed E-state index contributed by atoms with van der Waals surface area (Å²) in [7, 11) is 0. The second-order valence-corrected chi connectivity index (χ2v) is 8.51. The van der Waals surface area contributed by atoms with Crippen LogP contribution in [0.25, 0.3) is 10.8 Å². The molecular formula is C24H30FN5O2. The molecule has 1 fully saturated rings. The van der Waals surface area contributed by atoms with E-state index in [0.29, 0.717) is 24.5 Å². The monoisotopic (exact) mass is 439 g/mol. The minimum Gasteiger partial charge on any atom is -0.353 e. The number of benzene rings is 1. The molecule has 7 nitrogen and oxygen atoms in total. The maximum atomic E-state index is 13.2. The highest BCUT2D eigenvalue weighted by Gasteiger charge is 2.23. The van der Waals surface area contributed by atoms with Gasteiger partial charge in [-0.1, -0.05) is 19.1 Å². The van der Waals surface area contributed by atoms with Gasteiger partial charge in [0, 0.05) is 35.9 Å². The van der Waals surface area contributed by atoms with E-state index in [1.165, 1.54) is 16.8 Å². The highest BCUT2D eigenvalue weighted by atomic mass is 19.1. The Bertz CT molecular complexity index is 1180. The van der Waals surface area contributed by atoms with Crippen LogP contribution < -0.4 is 10.9 Å². The van der Waals surface area contributed by atoms with Crippen LogP contribution >= 0.6 is 0 Å². The van der Waals surface area contributed by atoms with Gasteiger partial charge in [0.05, 0.1) is 11.6 Å². The van der Waals surface area contributed by atoms with Gasteiger partial charge in [-0.15, -0.1) is 0 Å². The van der Waals surface area contributed by atoms with Crippen LogP contribution in [0.3, 0.4) is 0 Å². The number of carbonyl (C=O) groups excluding carboxylic acids is 1. The number of rotatable bonds is 7. The van der Waals surface area contributed by atoms with Crippen LogP contribution in [0.15, 0.2) is 35.3 Å². The fourth-order valence-corrected chi connectivity index (χ4v) is 4.73. The molecule has 170 valence electrons. The van der Waals surface area contributed by atoms with Gasteiger partial charge in [0.15, 0.2) is 0 Å². The molecule has 0 aliphatic carbocycles. The van der Waals surface area contributed by atoms with Gasteiger partial charge in [0.2, 0.25) is 5.91 Å². The first kappa shape index (κ1) is 22.2. The molecule has 1 amide bonds. The predicted molar refractivity (Wildman–Crippen MR) is 122 cm³/mol. The number of nitrogens with one attached hydrogen (secondary N) is 1. The van der Waals surface area contributed by atoms with Gasteiger partial charge in [-0.25, -0.2) is 9.07 Å². The van der Waals surface area contributed by atoms with Crippen LogP contribution in [0.1, 0.15) is 36.7 Å². The summed E-state index contributed by atoms with van der Waals surface area (Å²) in [5.41, 5.74) is 2.41. The van der Waals surface area contributed by atoms with E-state index in [0.717, 1.165) is 48.3 Å². The Balaban J connectivity index is 1.53. The summed E-state index contributed by atoms with van der Waals surface area (Å²) in [4.78, 5) is 28.0. The lowest BCUT2D eigenvalue weighted by atomic mass is 10.2. The van der Waals surface area contributed by atoms with Crippen LogP contribution in [-0.4, -0.2) is 50.8 Å². The number of amides is 1. The maximum absolute atomic E-state index is 13.2. The van der Waals surface area contributed by atoms with Gasteiger partial charge in [0.25, 0.3) is 5.56 Å². The Hall–Kier alpha value is -3.00. The van der Waals surface area contributed by atoms with Crippen LogP contribution in [-0.2, 0) is 17.9 Å². The molecule has 1 N–H and O–H groups in total. The number of fused-ring (bicyclic) bond motifs is 1. The lowest BCUT2D eigenvalue weighted by Gasteiger charge is -2.22. The summed E-state index contributed by atoms with van der Waals surface area (Å²) in [5, 5.41) is 8.57. The van der Waals surface area contributed by atoms with Crippen molar-refractivity contribution in [2.24, 2.45) is 0 Å². The van der Waals surface area contributed by atoms with Crippen molar-refractivity contribution in [3.05, 3.63) is 63.6 Å². The lowest BCUT2D eigenvalue weighted by Crippen LogP contribution is -2.42. The number of hydrogen-bond donors (Lipinski definition) is 1. The summed E-state index contributed by atoms with van der Waals surface area (Å²) in [5.74, 6) is -0.484. The zero-order valence-electron chi connectivity index (χ0n) is 18.9. The highest BCUT2D eigenvalue weighted by molar-refractivity contribution is 5.87. The Morgan fingerprint density at radius 3 is 2.69 bits per heavy atom. The smallest absolute Gasteiger partial charge is 0.276 e. The van der Waals surface area contributed by atoms with Crippen molar-refractivity contribution in [1.82, 2.24) is 24.6 Å². The second kappa shape index (κ2) is 9.24. The van der Waals surface area contributed by atoms with E-state index in [4.69, 9.17) is 0 Å². The second-order valence-electron chi connectivity index (χ2n) is 8.51. The summed E-state index contributed by atoms with van der Waals surface area (Å²) < 4.78 is 16.5. The predicted octanol–water partition coefficient (Wildman–Crippen LogP) is 2.60. The van der Waals surface area contributed by atoms with Gasteiger partial charge in [-0.05, 0) is 57.5 Å². The largest absolute Gasteiger partial charge is 0.353 e. The minimum absolute atomic E-state index is 0.102. The third-order valence-corrected chi connectivity index (χ3v) is 6.59. The molecule has 0 bridgehead atoms. The van der Waals surface area contributed by atoms with E-state index in [1.54, 1.807) is 18.3 Å². The molecule has 0 unspecified atom stereocenters. The number of aryl methyl sites for hydroxylation is 2. The normalized spacial score (nSPS) is 16.7. The SMILES string of the molecule is CCN1CCC[C@H]1CNC(=O)Cn1ncc2c(C)n(Cc3ccc(F)cc3)c(C)c2c1=O. The average Bonchev–Trinajstić information content (AvgIpc) is 3.34. The molecule has 1 saturated heterocycles. The third-order valence-electron chi connectivity index (χ3n) is 6.59. The molecule has 4 rings (SSSR count). The first-order chi connectivity index (χ1) is 15.4. The minimum atomic E-state index is -0.277. The van der Waals surface area contributed by atoms with Gasteiger partial charge in [0.1, 0.15) is 12.4 Å². The van der Waals surface area contributed by atoms with Crippen LogP contribution in [0.5, 0.6) is 0 Å². The lowest BCUT2D eigenvalue weighted by molar-refractivity contribution is -0.122. The summed E-state index contributed by atoms with van der Waals surface area (Å²) >= 11 is 0. The van der Waals surface area contributed by atoms with Gasteiger partial charge in [-0.2, -0.15) is 5.10 Å². The Morgan fingerprint density at radius 2 is 1.97 bits per heavy atom. The van der Waals surface area contributed by atoms with E-state index in [9.17, 15) is 14.0 Å². The molecular weight excluding hydrogens is 409 g/mol. The van der Waals surface area contributed by atoms with E-state index < -0.39 is 0 Å². The Labute approximate surface area is 186 Å². The van der Waals surface area contributed by atoms with Crippen molar-refractivity contribution < 1.29 is 9.18 Å². The van der Waals surface area contributed by atoms with Crippen molar-refractivity contribution in [2.75, 3.05) is 19.6 Å². The van der Waals surface area contributed by atoms with Crippen LogP contribution in [0.4, 0.5) is 4.39 Å². The standard InChI is InChI=1S/C24H30FN5O2/c1-4-28-11-5-6-20(28)12-26-22(31)15-30-24(32)23-17(3)29(16(2)21(23)13-27-30)14-18-7-9-19(25)10-8-18/h7-10,13,20H,4-6,11-12,14-15H2,1-3H3,(H,26,31)/t20-/m0/s1. The van der Waals surface area contributed by atoms with Gasteiger partial charge in [-0.3, -0.25) is 14.5 Å². The van der Waals surface area contributed by atoms with Crippen molar-refractivity contribution >= 4 is 16.7 Å². The molecule has 0 radical (unpaired) electrons. The molecule has 1 aliphatic rings. The average molecular weight is 440 g/mol. The third kappa shape index (κ3) is 4.32. The van der Waals surface area contributed by atoms with Gasteiger partial charge >= 0.3 is 0 Å². The topological polar surface area (TPSA) is 72.2 Å². The van der Waals surface area contributed by atoms with E-state index >= 15 is 0 Å². The highest BCUT2D eigenvalue weighted by Crippen LogP contribution is 2.23. The Kier molecular flexibility index (Phi) is 6.41. The molecule has 1 aliphatic heterocycles. The van der Waals surface area contributed by atoms with E-state index in [-0.39, 0.29) is 23.8 Å². The molecule has 3 aromatic rings. The molecule has 0 spiro atoms. The first-order valence-corrected chi connectivity index (χ1v) is 11.2. The molecule has 1 atom stereocenters. The molecule has 3 heterocycles. The van der Waals surface area contributed by atoms with Crippen LogP contribution in [0.2, 0.25) is 0 Å². The fourth-order valence-electron chi connectivity index (χ4n) is 4.73. The number of carbonyl (C=O) groups is 1. The van der Waals surface area contributed by atoms with Crippen LogP contribution in [0, 0.1) is 19.7 Å². The number of hydrogen-bond acceptors (Lipinski definition) is 4. The van der Waals surface area contributed by atoms with Gasteiger partial charge < -0.3 is 9.88 Å². The fraction of sp³-hybridized carbons (Fsp3) is 0.458. The molecule has 0 saturated carbocycles.